The Balaban J connectivity index is 2.27. The molecule has 0 aliphatic heterocycles. The first kappa shape index (κ1) is 15.6. The molecule has 0 radical (unpaired) electrons. The average molecular weight is 283 g/mol. The fourth-order valence-corrected chi connectivity index (χ4v) is 2.23. The van der Waals surface area contributed by atoms with Crippen LogP contribution in [-0.2, 0) is 11.8 Å². The summed E-state index contributed by atoms with van der Waals surface area (Å²) in [5, 5.41) is 0. The highest BCUT2D eigenvalue weighted by atomic mass is 16.5. The minimum atomic E-state index is 0.121. The number of rotatable bonds is 4. The van der Waals surface area contributed by atoms with E-state index in [4.69, 9.17) is 10.5 Å². The van der Waals surface area contributed by atoms with E-state index in [1.807, 2.05) is 6.07 Å². The van der Waals surface area contributed by atoms with Crippen LogP contribution in [0.5, 0.6) is 11.5 Å². The molecular weight excluding hydrogens is 258 g/mol. The molecule has 0 spiro atoms. The van der Waals surface area contributed by atoms with Crippen molar-refractivity contribution >= 4 is 0 Å². The summed E-state index contributed by atoms with van der Waals surface area (Å²) in [7, 11) is 0. The number of nitrogens with two attached hydrogens (primary N) is 1. The molecule has 0 aliphatic carbocycles. The fourth-order valence-electron chi connectivity index (χ4n) is 2.23. The average Bonchev–Trinajstić information content (AvgIpc) is 2.42. The van der Waals surface area contributed by atoms with Crippen LogP contribution in [0.4, 0.5) is 0 Å². The van der Waals surface area contributed by atoms with Gasteiger partial charge in [-0.05, 0) is 60.2 Å². The van der Waals surface area contributed by atoms with Crippen LogP contribution in [0.15, 0.2) is 42.5 Å². The molecular formula is C19H25NO. The van der Waals surface area contributed by atoms with E-state index in [-0.39, 0.29) is 5.41 Å². The molecule has 0 fully saturated rings. The maximum absolute atomic E-state index is 6.09. The molecule has 2 rings (SSSR count). The molecule has 0 aliphatic rings. The van der Waals surface area contributed by atoms with Crippen LogP contribution in [0.3, 0.4) is 0 Å². The normalized spacial score (nSPS) is 11.5. The van der Waals surface area contributed by atoms with E-state index >= 15 is 0 Å². The Hall–Kier alpha value is -1.80. The van der Waals surface area contributed by atoms with Gasteiger partial charge >= 0.3 is 0 Å². The van der Waals surface area contributed by atoms with Gasteiger partial charge in [-0.2, -0.15) is 0 Å². The van der Waals surface area contributed by atoms with Crippen molar-refractivity contribution < 1.29 is 4.74 Å². The Labute approximate surface area is 127 Å². The number of ether oxygens (including phenoxy) is 1. The van der Waals surface area contributed by atoms with E-state index in [0.29, 0.717) is 6.54 Å². The summed E-state index contributed by atoms with van der Waals surface area (Å²) in [5.41, 5.74) is 9.37. The summed E-state index contributed by atoms with van der Waals surface area (Å²) in [5.74, 6) is 1.79. The summed E-state index contributed by atoms with van der Waals surface area (Å²) in [6, 6.07) is 14.6. The third kappa shape index (κ3) is 4.08. The van der Waals surface area contributed by atoms with E-state index in [0.717, 1.165) is 23.5 Å². The lowest BCUT2D eigenvalue weighted by atomic mass is 9.87. The second kappa shape index (κ2) is 6.31. The molecule has 2 N–H and O–H groups in total. The van der Waals surface area contributed by atoms with E-state index in [2.05, 4.69) is 64.1 Å². The zero-order chi connectivity index (χ0) is 15.5. The van der Waals surface area contributed by atoms with Crippen LogP contribution in [-0.4, -0.2) is 6.54 Å². The van der Waals surface area contributed by atoms with Crippen molar-refractivity contribution in [1.29, 1.82) is 0 Å². The van der Waals surface area contributed by atoms with Gasteiger partial charge in [-0.15, -0.1) is 0 Å². The van der Waals surface area contributed by atoms with Crippen molar-refractivity contribution in [3.05, 3.63) is 59.2 Å². The van der Waals surface area contributed by atoms with Crippen molar-refractivity contribution in [2.24, 2.45) is 5.73 Å². The van der Waals surface area contributed by atoms with Gasteiger partial charge in [0.25, 0.3) is 0 Å². The maximum atomic E-state index is 6.09. The first-order valence-electron chi connectivity index (χ1n) is 7.48. The molecule has 0 unspecified atom stereocenters. The zero-order valence-electron chi connectivity index (χ0n) is 13.4. The first-order valence-corrected chi connectivity index (χ1v) is 7.48. The van der Waals surface area contributed by atoms with Crippen LogP contribution in [0, 0.1) is 6.92 Å². The van der Waals surface area contributed by atoms with Crippen LogP contribution in [0.25, 0.3) is 0 Å². The highest BCUT2D eigenvalue weighted by Crippen LogP contribution is 2.30. The standard InChI is InChI=1S/C19H25NO/c1-14-8-9-15(10-11-20)12-18(14)21-17-7-5-6-16(13-17)19(2,3)4/h5-9,12-13H,10-11,20H2,1-4H3. The van der Waals surface area contributed by atoms with Crippen LogP contribution in [0.2, 0.25) is 0 Å². The van der Waals surface area contributed by atoms with Gasteiger partial charge < -0.3 is 10.5 Å². The van der Waals surface area contributed by atoms with Crippen molar-refractivity contribution in [3.63, 3.8) is 0 Å². The molecule has 0 saturated carbocycles. The van der Waals surface area contributed by atoms with Gasteiger partial charge in [0.2, 0.25) is 0 Å². The van der Waals surface area contributed by atoms with E-state index in [9.17, 15) is 0 Å². The Morgan fingerprint density at radius 1 is 1.05 bits per heavy atom. The lowest BCUT2D eigenvalue weighted by Gasteiger charge is -2.20. The van der Waals surface area contributed by atoms with Crippen molar-refractivity contribution in [2.75, 3.05) is 6.54 Å². The summed E-state index contributed by atoms with van der Waals surface area (Å²) in [4.78, 5) is 0. The second-order valence-corrected chi connectivity index (χ2v) is 6.52. The maximum Gasteiger partial charge on any atom is 0.130 e. The largest absolute Gasteiger partial charge is 0.457 e. The molecule has 0 heterocycles. The molecule has 2 aromatic carbocycles. The van der Waals surface area contributed by atoms with E-state index in [1.54, 1.807) is 0 Å². The number of hydrogen-bond acceptors (Lipinski definition) is 2. The van der Waals surface area contributed by atoms with Gasteiger partial charge in [0.05, 0.1) is 0 Å². The predicted molar refractivity (Wildman–Crippen MR) is 89.2 cm³/mol. The van der Waals surface area contributed by atoms with Crippen molar-refractivity contribution in [1.82, 2.24) is 0 Å². The third-order valence-corrected chi connectivity index (χ3v) is 3.61. The Morgan fingerprint density at radius 2 is 1.81 bits per heavy atom. The van der Waals surface area contributed by atoms with Gasteiger partial charge in [-0.1, -0.05) is 45.0 Å². The molecule has 112 valence electrons. The van der Waals surface area contributed by atoms with Crippen LogP contribution < -0.4 is 10.5 Å². The molecule has 0 saturated heterocycles. The summed E-state index contributed by atoms with van der Waals surface area (Å²) >= 11 is 0. The summed E-state index contributed by atoms with van der Waals surface area (Å²) in [6.45, 7) is 9.34. The quantitative estimate of drug-likeness (QED) is 0.891. The van der Waals surface area contributed by atoms with Crippen molar-refractivity contribution in [3.8, 4) is 11.5 Å². The van der Waals surface area contributed by atoms with Gasteiger partial charge in [-0.25, -0.2) is 0 Å². The van der Waals surface area contributed by atoms with Crippen LogP contribution in [0.1, 0.15) is 37.5 Å². The number of hydrogen-bond donors (Lipinski definition) is 1. The fraction of sp³-hybridized carbons (Fsp3) is 0.368. The first-order chi connectivity index (χ1) is 9.90. The number of benzene rings is 2. The summed E-state index contributed by atoms with van der Waals surface area (Å²) in [6.07, 6.45) is 0.874. The predicted octanol–water partition coefficient (Wildman–Crippen LogP) is 4.59. The highest BCUT2D eigenvalue weighted by molar-refractivity contribution is 5.41. The van der Waals surface area contributed by atoms with Crippen LogP contribution >= 0.6 is 0 Å². The number of aryl methyl sites for hydroxylation is 1. The zero-order valence-corrected chi connectivity index (χ0v) is 13.4. The minimum Gasteiger partial charge on any atom is -0.457 e. The molecule has 2 nitrogen and oxygen atoms in total. The Kier molecular flexibility index (Phi) is 4.69. The SMILES string of the molecule is Cc1ccc(CCN)cc1Oc1cccc(C(C)(C)C)c1. The van der Waals surface area contributed by atoms with E-state index in [1.165, 1.54) is 11.1 Å². The molecule has 2 aromatic rings. The molecule has 0 atom stereocenters. The topological polar surface area (TPSA) is 35.2 Å². The monoisotopic (exact) mass is 283 g/mol. The van der Waals surface area contributed by atoms with Gasteiger partial charge in [0.1, 0.15) is 11.5 Å². The Bertz CT molecular complexity index is 611. The smallest absolute Gasteiger partial charge is 0.130 e. The molecule has 0 aromatic heterocycles. The summed E-state index contributed by atoms with van der Waals surface area (Å²) < 4.78 is 6.09. The Morgan fingerprint density at radius 3 is 2.48 bits per heavy atom. The van der Waals surface area contributed by atoms with Gasteiger partial charge in [-0.3, -0.25) is 0 Å². The lowest BCUT2D eigenvalue weighted by molar-refractivity contribution is 0.474. The molecule has 0 amide bonds. The van der Waals surface area contributed by atoms with Gasteiger partial charge in [0.15, 0.2) is 0 Å². The highest BCUT2D eigenvalue weighted by Gasteiger charge is 2.14. The van der Waals surface area contributed by atoms with Crippen molar-refractivity contribution in [2.45, 2.75) is 39.5 Å². The molecule has 21 heavy (non-hydrogen) atoms. The van der Waals surface area contributed by atoms with E-state index < -0.39 is 0 Å². The lowest BCUT2D eigenvalue weighted by Crippen LogP contribution is -2.10. The molecule has 2 heteroatoms. The second-order valence-electron chi connectivity index (χ2n) is 6.52. The third-order valence-electron chi connectivity index (χ3n) is 3.61. The minimum absolute atomic E-state index is 0.121. The molecule has 0 bridgehead atoms. The van der Waals surface area contributed by atoms with Gasteiger partial charge in [0, 0.05) is 0 Å².